The van der Waals surface area contributed by atoms with Crippen LogP contribution in [0.15, 0.2) is 24.3 Å². The van der Waals surface area contributed by atoms with Crippen molar-refractivity contribution in [2.24, 2.45) is 0 Å². The molecule has 0 radical (unpaired) electrons. The van der Waals surface area contributed by atoms with Crippen LogP contribution in [-0.2, 0) is 14.3 Å². The summed E-state index contributed by atoms with van der Waals surface area (Å²) in [6.45, 7) is 4.98. The maximum absolute atomic E-state index is 12.6. The number of carbonyl (C=O) groups is 2. The molecule has 89 heavy (non-hydrogen) atoms. The van der Waals surface area contributed by atoms with Crippen molar-refractivity contribution in [1.82, 2.24) is 5.32 Å². The summed E-state index contributed by atoms with van der Waals surface area (Å²) in [5.41, 5.74) is 0. The molecule has 0 rings (SSSR count). The number of nitrogens with one attached hydrogen (secondary N) is 1. The Morgan fingerprint density at radius 1 is 0.315 bits per heavy atom. The van der Waals surface area contributed by atoms with Gasteiger partial charge in [0.2, 0.25) is 5.91 Å². The van der Waals surface area contributed by atoms with Crippen molar-refractivity contribution >= 4 is 11.9 Å². The second-order valence-corrected chi connectivity index (χ2v) is 28.5. The largest absolute Gasteiger partial charge is 0.466 e. The summed E-state index contributed by atoms with van der Waals surface area (Å²) < 4.78 is 5.52. The number of allylic oxidation sites excluding steroid dienone is 4. The Labute approximate surface area is 558 Å². The van der Waals surface area contributed by atoms with Crippen molar-refractivity contribution in [1.29, 1.82) is 0 Å². The van der Waals surface area contributed by atoms with Crippen LogP contribution in [0.3, 0.4) is 0 Å². The molecule has 528 valence electrons. The van der Waals surface area contributed by atoms with E-state index in [9.17, 15) is 19.8 Å². The van der Waals surface area contributed by atoms with E-state index in [2.05, 4.69) is 43.5 Å². The van der Waals surface area contributed by atoms with Crippen molar-refractivity contribution in [2.75, 3.05) is 13.2 Å². The monoisotopic (exact) mass is 1250 g/mol. The molecule has 0 saturated carbocycles. The zero-order chi connectivity index (χ0) is 64.2. The van der Waals surface area contributed by atoms with Gasteiger partial charge in [0, 0.05) is 12.8 Å². The molecule has 0 aliphatic heterocycles. The van der Waals surface area contributed by atoms with Gasteiger partial charge in [-0.05, 0) is 57.8 Å². The highest BCUT2D eigenvalue weighted by molar-refractivity contribution is 5.76. The van der Waals surface area contributed by atoms with Gasteiger partial charge in [0.05, 0.1) is 25.4 Å². The van der Waals surface area contributed by atoms with E-state index in [1.54, 1.807) is 0 Å². The minimum atomic E-state index is -0.664. The molecule has 2 atom stereocenters. The van der Waals surface area contributed by atoms with Crippen LogP contribution < -0.4 is 5.32 Å². The summed E-state index contributed by atoms with van der Waals surface area (Å²) in [6.07, 6.45) is 101. The topological polar surface area (TPSA) is 95.9 Å². The number of amides is 1. The molecule has 6 heteroatoms. The normalized spacial score (nSPS) is 12.5. The average Bonchev–Trinajstić information content (AvgIpc) is 3.57. The first kappa shape index (κ1) is 87.3. The fourth-order valence-corrected chi connectivity index (χ4v) is 13.3. The minimum absolute atomic E-state index is 0.0164. The third-order valence-electron chi connectivity index (χ3n) is 19.5. The van der Waals surface area contributed by atoms with Crippen LogP contribution >= 0.6 is 0 Å². The van der Waals surface area contributed by atoms with E-state index in [0.717, 1.165) is 51.4 Å². The fourth-order valence-electron chi connectivity index (χ4n) is 13.3. The molecule has 0 saturated heterocycles. The molecular formula is C83H161NO5. The first-order valence-corrected chi connectivity index (χ1v) is 41.1. The number of hydrogen-bond donors (Lipinski definition) is 3. The summed E-state index contributed by atoms with van der Waals surface area (Å²) in [7, 11) is 0. The number of aliphatic hydroxyl groups excluding tert-OH is 2. The first-order chi connectivity index (χ1) is 44.0. The molecule has 0 aliphatic rings. The van der Waals surface area contributed by atoms with Gasteiger partial charge in [0.25, 0.3) is 0 Å². The van der Waals surface area contributed by atoms with Crippen molar-refractivity contribution in [3.63, 3.8) is 0 Å². The van der Waals surface area contributed by atoms with Gasteiger partial charge in [0.15, 0.2) is 0 Å². The van der Waals surface area contributed by atoms with Gasteiger partial charge in [-0.25, -0.2) is 0 Å². The van der Waals surface area contributed by atoms with E-state index in [0.29, 0.717) is 25.9 Å². The molecule has 2 unspecified atom stereocenters. The molecule has 3 N–H and O–H groups in total. The number of carbonyl (C=O) groups excluding carboxylic acids is 2. The Kier molecular flexibility index (Phi) is 77.3. The molecule has 0 bridgehead atoms. The van der Waals surface area contributed by atoms with Crippen LogP contribution in [0.25, 0.3) is 0 Å². The highest BCUT2D eigenvalue weighted by Gasteiger charge is 2.20. The molecule has 1 amide bonds. The highest BCUT2D eigenvalue weighted by atomic mass is 16.5. The lowest BCUT2D eigenvalue weighted by atomic mass is 10.0. The lowest BCUT2D eigenvalue weighted by molar-refractivity contribution is -0.143. The summed E-state index contributed by atoms with van der Waals surface area (Å²) in [4.78, 5) is 24.7. The SMILES string of the molecule is CCCCC/C=C\C/C=C\CCCCCCCCCCCC(=O)OCCCCCCCCCCCCCCCCCCCCCCCCCCCCCCC(=O)NC(CO)C(O)CCCCCCCCCCCCCCCCCCCCCCCCCCC. The quantitative estimate of drug-likeness (QED) is 0.0320. The second kappa shape index (κ2) is 78.8. The molecule has 0 aromatic carbocycles. The van der Waals surface area contributed by atoms with Crippen molar-refractivity contribution < 1.29 is 24.5 Å². The number of aliphatic hydroxyl groups is 2. The van der Waals surface area contributed by atoms with E-state index in [4.69, 9.17) is 4.74 Å². The van der Waals surface area contributed by atoms with Crippen LogP contribution in [0, 0.1) is 0 Å². The lowest BCUT2D eigenvalue weighted by Gasteiger charge is -2.22. The van der Waals surface area contributed by atoms with Gasteiger partial charge in [-0.2, -0.15) is 0 Å². The van der Waals surface area contributed by atoms with Crippen molar-refractivity contribution in [3.05, 3.63) is 24.3 Å². The third-order valence-corrected chi connectivity index (χ3v) is 19.5. The number of rotatable bonds is 78. The third kappa shape index (κ3) is 75.3. The summed E-state index contributed by atoms with van der Waals surface area (Å²) in [6, 6.07) is -0.541. The fraction of sp³-hybridized carbons (Fsp3) is 0.928. The molecular weight excluding hydrogens is 1090 g/mol. The Hall–Kier alpha value is -1.66. The molecule has 6 nitrogen and oxygen atoms in total. The number of esters is 1. The van der Waals surface area contributed by atoms with E-state index in [1.165, 1.54) is 385 Å². The predicted octanol–water partition coefficient (Wildman–Crippen LogP) is 27.2. The molecule has 0 spiro atoms. The van der Waals surface area contributed by atoms with Gasteiger partial charge in [-0.15, -0.1) is 0 Å². The van der Waals surface area contributed by atoms with Gasteiger partial charge in [0.1, 0.15) is 0 Å². The Bertz CT molecular complexity index is 1400. The highest BCUT2D eigenvalue weighted by Crippen LogP contribution is 2.21. The van der Waals surface area contributed by atoms with Crippen molar-refractivity contribution in [3.8, 4) is 0 Å². The zero-order valence-corrected chi connectivity index (χ0v) is 60.7. The second-order valence-electron chi connectivity index (χ2n) is 28.5. The summed E-state index contributed by atoms with van der Waals surface area (Å²) in [5.74, 6) is -0.00931. The minimum Gasteiger partial charge on any atom is -0.466 e. The van der Waals surface area contributed by atoms with Gasteiger partial charge in [-0.3, -0.25) is 9.59 Å². The Balaban J connectivity index is 3.34. The molecule has 0 aromatic rings. The Morgan fingerprint density at radius 3 is 0.876 bits per heavy atom. The maximum Gasteiger partial charge on any atom is 0.305 e. The molecule has 0 fully saturated rings. The van der Waals surface area contributed by atoms with E-state index >= 15 is 0 Å². The van der Waals surface area contributed by atoms with Crippen LogP contribution in [0.1, 0.15) is 470 Å². The van der Waals surface area contributed by atoms with Crippen molar-refractivity contribution in [2.45, 2.75) is 482 Å². The number of unbranched alkanes of at least 4 members (excludes halogenated alkanes) is 63. The molecule has 0 aromatic heterocycles. The zero-order valence-electron chi connectivity index (χ0n) is 60.7. The van der Waals surface area contributed by atoms with Crippen LogP contribution in [0.5, 0.6) is 0 Å². The number of hydrogen-bond acceptors (Lipinski definition) is 5. The van der Waals surface area contributed by atoms with Crippen LogP contribution in [0.2, 0.25) is 0 Å². The smallest absolute Gasteiger partial charge is 0.305 e. The van der Waals surface area contributed by atoms with Gasteiger partial charge < -0.3 is 20.3 Å². The lowest BCUT2D eigenvalue weighted by Crippen LogP contribution is -2.45. The van der Waals surface area contributed by atoms with E-state index < -0.39 is 12.1 Å². The summed E-state index contributed by atoms with van der Waals surface area (Å²) >= 11 is 0. The number of ether oxygens (including phenoxy) is 1. The van der Waals surface area contributed by atoms with Gasteiger partial charge in [-0.1, -0.05) is 423 Å². The summed E-state index contributed by atoms with van der Waals surface area (Å²) in [5, 5.41) is 23.5. The molecule has 0 heterocycles. The standard InChI is InChI=1S/C83H161NO5/c1-3-5-7-9-11-13-15-17-19-21-23-24-25-30-33-36-40-43-47-51-55-59-63-67-71-75-81(86)80(79-85)84-82(87)76-72-68-64-60-56-52-48-44-41-37-34-31-28-26-27-29-32-35-38-42-46-50-54-58-62-66-70-74-78-89-83(88)77-73-69-65-61-57-53-49-45-39-22-20-18-16-14-12-10-8-6-4-2/h12,14,18,20,80-81,85-86H,3-11,13,15-17,19,21-79H2,1-2H3,(H,84,87)/b14-12-,20-18-. The maximum atomic E-state index is 12.6. The molecule has 0 aliphatic carbocycles. The predicted molar refractivity (Wildman–Crippen MR) is 393 cm³/mol. The average molecular weight is 1250 g/mol. The van der Waals surface area contributed by atoms with E-state index in [1.807, 2.05) is 0 Å². The Morgan fingerprint density at radius 2 is 0.562 bits per heavy atom. The van der Waals surface area contributed by atoms with Gasteiger partial charge >= 0.3 is 5.97 Å². The first-order valence-electron chi connectivity index (χ1n) is 41.1. The van der Waals surface area contributed by atoms with E-state index in [-0.39, 0.29) is 18.5 Å². The van der Waals surface area contributed by atoms with Crippen LogP contribution in [-0.4, -0.2) is 47.4 Å². The van der Waals surface area contributed by atoms with Crippen LogP contribution in [0.4, 0.5) is 0 Å².